The second-order valence-electron chi connectivity index (χ2n) is 7.56. The summed E-state index contributed by atoms with van der Waals surface area (Å²) >= 11 is 12.4. The van der Waals surface area contributed by atoms with Crippen molar-refractivity contribution in [3.63, 3.8) is 0 Å². The van der Waals surface area contributed by atoms with Crippen LogP contribution in [0.1, 0.15) is 49.9 Å². The second kappa shape index (κ2) is 10.2. The third-order valence-electron chi connectivity index (χ3n) is 5.17. The van der Waals surface area contributed by atoms with Gasteiger partial charge in [0.05, 0.1) is 21.5 Å². The Morgan fingerprint density at radius 3 is 2.39 bits per heavy atom. The molecule has 2 aromatic rings. The fourth-order valence-corrected chi connectivity index (χ4v) is 5.81. The molecule has 0 radical (unpaired) electrons. The number of amides is 1. The molecule has 9 heteroatoms. The predicted molar refractivity (Wildman–Crippen MR) is 124 cm³/mol. The van der Waals surface area contributed by atoms with Crippen LogP contribution >= 0.6 is 23.2 Å². The van der Waals surface area contributed by atoms with Crippen molar-refractivity contribution in [2.45, 2.75) is 50.5 Å². The summed E-state index contributed by atoms with van der Waals surface area (Å²) in [7, 11) is -3.56. The third kappa shape index (κ3) is 5.52. The van der Waals surface area contributed by atoms with Crippen LogP contribution in [0.2, 0.25) is 10.0 Å². The molecule has 6 nitrogen and oxygen atoms in total. The Kier molecular flexibility index (Phi) is 7.86. The molecule has 3 rings (SSSR count). The van der Waals surface area contributed by atoms with Gasteiger partial charge < -0.3 is 10.1 Å². The largest absolute Gasteiger partial charge is 0.490 e. The molecular formula is C22H26Cl2N2O4S. The van der Waals surface area contributed by atoms with Crippen LogP contribution in [0.4, 0.5) is 5.69 Å². The highest BCUT2D eigenvalue weighted by Crippen LogP contribution is 2.34. The minimum absolute atomic E-state index is 0.0168. The molecule has 168 valence electrons. The molecule has 31 heavy (non-hydrogen) atoms. The first-order valence-corrected chi connectivity index (χ1v) is 12.5. The van der Waals surface area contributed by atoms with Crippen molar-refractivity contribution in [3.05, 3.63) is 52.0 Å². The van der Waals surface area contributed by atoms with Crippen LogP contribution in [0.15, 0.2) is 41.3 Å². The van der Waals surface area contributed by atoms with E-state index in [0.717, 1.165) is 25.7 Å². The SMILES string of the molecule is CCCOc1c(Cl)cc(C(=O)Nc2ccc(S(=O)(=O)N3CCCCC3C)cc2)cc1Cl. The van der Waals surface area contributed by atoms with E-state index in [0.29, 0.717) is 24.6 Å². The Morgan fingerprint density at radius 2 is 1.81 bits per heavy atom. The van der Waals surface area contributed by atoms with Gasteiger partial charge in [-0.2, -0.15) is 4.31 Å². The van der Waals surface area contributed by atoms with Gasteiger partial charge >= 0.3 is 0 Å². The summed E-state index contributed by atoms with van der Waals surface area (Å²) < 4.78 is 32.9. The first kappa shape index (κ1) is 23.9. The summed E-state index contributed by atoms with van der Waals surface area (Å²) in [6.07, 6.45) is 3.57. The topological polar surface area (TPSA) is 75.7 Å². The van der Waals surface area contributed by atoms with E-state index in [1.807, 2.05) is 13.8 Å². The lowest BCUT2D eigenvalue weighted by atomic mass is 10.1. The highest BCUT2D eigenvalue weighted by Gasteiger charge is 2.30. The van der Waals surface area contributed by atoms with E-state index in [1.54, 1.807) is 16.4 Å². The quantitative estimate of drug-likeness (QED) is 0.554. The number of sulfonamides is 1. The Balaban J connectivity index is 1.73. The number of hydrogen-bond acceptors (Lipinski definition) is 4. The minimum Gasteiger partial charge on any atom is -0.490 e. The van der Waals surface area contributed by atoms with Crippen LogP contribution in [-0.4, -0.2) is 37.8 Å². The molecule has 1 aliphatic rings. The van der Waals surface area contributed by atoms with Crippen LogP contribution in [0, 0.1) is 0 Å². The molecule has 1 heterocycles. The van der Waals surface area contributed by atoms with Gasteiger partial charge in [-0.1, -0.05) is 36.5 Å². The zero-order valence-corrected chi connectivity index (χ0v) is 19.9. The molecule has 1 unspecified atom stereocenters. The van der Waals surface area contributed by atoms with E-state index in [2.05, 4.69) is 5.32 Å². The van der Waals surface area contributed by atoms with E-state index in [1.165, 1.54) is 24.3 Å². The summed E-state index contributed by atoms with van der Waals surface area (Å²) in [4.78, 5) is 12.8. The summed E-state index contributed by atoms with van der Waals surface area (Å²) in [5.41, 5.74) is 0.742. The van der Waals surface area contributed by atoms with Crippen molar-refractivity contribution in [2.24, 2.45) is 0 Å². The summed E-state index contributed by atoms with van der Waals surface area (Å²) in [5.74, 6) is -0.0608. The molecule has 1 amide bonds. The molecule has 1 N–H and O–H groups in total. The van der Waals surface area contributed by atoms with Gasteiger partial charge in [0.1, 0.15) is 0 Å². The number of rotatable bonds is 7. The van der Waals surface area contributed by atoms with Crippen LogP contribution in [0.3, 0.4) is 0 Å². The fraction of sp³-hybridized carbons (Fsp3) is 0.409. The number of hydrogen-bond donors (Lipinski definition) is 1. The van der Waals surface area contributed by atoms with Gasteiger partial charge in [0.15, 0.2) is 5.75 Å². The smallest absolute Gasteiger partial charge is 0.255 e. The number of anilines is 1. The van der Waals surface area contributed by atoms with E-state index in [-0.39, 0.29) is 26.5 Å². The number of carbonyl (C=O) groups excluding carboxylic acids is 1. The van der Waals surface area contributed by atoms with Crippen LogP contribution < -0.4 is 10.1 Å². The van der Waals surface area contributed by atoms with Crippen molar-refractivity contribution in [1.29, 1.82) is 0 Å². The zero-order valence-electron chi connectivity index (χ0n) is 17.5. The fourth-order valence-electron chi connectivity index (χ4n) is 3.51. The molecule has 1 aliphatic heterocycles. The maximum atomic E-state index is 12.9. The lowest BCUT2D eigenvalue weighted by Gasteiger charge is -2.32. The number of benzene rings is 2. The van der Waals surface area contributed by atoms with Gasteiger partial charge in [-0.05, 0) is 62.6 Å². The van der Waals surface area contributed by atoms with Crippen LogP contribution in [0.5, 0.6) is 5.75 Å². The molecule has 0 aliphatic carbocycles. The highest BCUT2D eigenvalue weighted by molar-refractivity contribution is 7.89. The van der Waals surface area contributed by atoms with Crippen molar-refractivity contribution >= 4 is 44.8 Å². The molecule has 1 atom stereocenters. The Labute approximate surface area is 193 Å². The van der Waals surface area contributed by atoms with Crippen molar-refractivity contribution in [3.8, 4) is 5.75 Å². The van der Waals surface area contributed by atoms with E-state index >= 15 is 0 Å². The average Bonchev–Trinajstić information content (AvgIpc) is 2.73. The molecule has 0 bridgehead atoms. The Morgan fingerprint density at radius 1 is 1.16 bits per heavy atom. The molecule has 1 saturated heterocycles. The van der Waals surface area contributed by atoms with Gasteiger partial charge in [-0.3, -0.25) is 4.79 Å². The van der Waals surface area contributed by atoms with Crippen LogP contribution in [0.25, 0.3) is 0 Å². The lowest BCUT2D eigenvalue weighted by molar-refractivity contribution is 0.102. The monoisotopic (exact) mass is 484 g/mol. The van der Waals surface area contributed by atoms with Crippen molar-refractivity contribution < 1.29 is 17.9 Å². The van der Waals surface area contributed by atoms with Gasteiger partial charge in [-0.25, -0.2) is 8.42 Å². The Hall–Kier alpha value is -1.80. The zero-order chi connectivity index (χ0) is 22.6. The van der Waals surface area contributed by atoms with Crippen LogP contribution in [-0.2, 0) is 10.0 Å². The molecular weight excluding hydrogens is 459 g/mol. The summed E-state index contributed by atoms with van der Waals surface area (Å²) in [6.45, 7) is 4.89. The molecule has 0 spiro atoms. The molecule has 1 fully saturated rings. The lowest BCUT2D eigenvalue weighted by Crippen LogP contribution is -2.41. The van der Waals surface area contributed by atoms with E-state index in [4.69, 9.17) is 27.9 Å². The van der Waals surface area contributed by atoms with E-state index in [9.17, 15) is 13.2 Å². The van der Waals surface area contributed by atoms with Gasteiger partial charge in [-0.15, -0.1) is 0 Å². The number of nitrogens with one attached hydrogen (secondary N) is 1. The normalized spacial score (nSPS) is 17.4. The number of carbonyl (C=O) groups is 1. The second-order valence-corrected chi connectivity index (χ2v) is 10.3. The Bertz CT molecular complexity index is 1020. The first-order chi connectivity index (χ1) is 14.7. The maximum Gasteiger partial charge on any atom is 0.255 e. The average molecular weight is 485 g/mol. The summed E-state index contributed by atoms with van der Waals surface area (Å²) in [5, 5.41) is 3.24. The molecule has 2 aromatic carbocycles. The number of halogens is 2. The molecule has 0 aromatic heterocycles. The number of nitrogens with zero attached hydrogens (tertiary/aromatic N) is 1. The van der Waals surface area contributed by atoms with Crippen molar-refractivity contribution in [2.75, 3.05) is 18.5 Å². The van der Waals surface area contributed by atoms with E-state index < -0.39 is 15.9 Å². The minimum atomic E-state index is -3.56. The maximum absolute atomic E-state index is 12.9. The first-order valence-electron chi connectivity index (χ1n) is 10.3. The van der Waals surface area contributed by atoms with Gasteiger partial charge in [0, 0.05) is 23.8 Å². The van der Waals surface area contributed by atoms with Gasteiger partial charge in [0.2, 0.25) is 10.0 Å². The number of piperidine rings is 1. The highest BCUT2D eigenvalue weighted by atomic mass is 35.5. The molecule has 0 saturated carbocycles. The number of ether oxygens (including phenoxy) is 1. The summed E-state index contributed by atoms with van der Waals surface area (Å²) in [6, 6.07) is 9.12. The predicted octanol–water partition coefficient (Wildman–Crippen LogP) is 5.60. The van der Waals surface area contributed by atoms with Crippen molar-refractivity contribution in [1.82, 2.24) is 4.31 Å². The van der Waals surface area contributed by atoms with Gasteiger partial charge in [0.25, 0.3) is 5.91 Å². The third-order valence-corrected chi connectivity index (χ3v) is 7.76. The standard InChI is InChI=1S/C22H26Cl2N2O4S/c1-3-12-30-21-19(23)13-16(14-20(21)24)22(27)25-17-7-9-18(10-8-17)31(28,29)26-11-5-4-6-15(26)2/h7-10,13-15H,3-6,11-12H2,1-2H3,(H,25,27).